The van der Waals surface area contributed by atoms with E-state index < -0.39 is 0 Å². The van der Waals surface area contributed by atoms with Crippen molar-refractivity contribution in [3.63, 3.8) is 0 Å². The standard InChI is InChI=1S/C11H14ClN.ClH/c1-11(2)7-13-6-8-5-9(12)3-4-10(8)11;/h3-5,13H,6-7H2,1-2H3;1H. The van der Waals surface area contributed by atoms with Crippen LogP contribution in [0.3, 0.4) is 0 Å². The van der Waals surface area contributed by atoms with Gasteiger partial charge >= 0.3 is 0 Å². The SMILES string of the molecule is CC1(C)CNCc2cc(Cl)ccc21.Cl. The van der Waals surface area contributed by atoms with Gasteiger partial charge in [0.2, 0.25) is 0 Å². The zero-order valence-corrected chi connectivity index (χ0v) is 10.0. The molecule has 3 heteroatoms. The van der Waals surface area contributed by atoms with Crippen molar-refractivity contribution in [1.82, 2.24) is 5.32 Å². The highest BCUT2D eigenvalue weighted by molar-refractivity contribution is 6.30. The van der Waals surface area contributed by atoms with Crippen LogP contribution >= 0.6 is 24.0 Å². The first-order valence-electron chi connectivity index (χ1n) is 4.59. The maximum absolute atomic E-state index is 5.94. The minimum absolute atomic E-state index is 0. The second kappa shape index (κ2) is 4.09. The predicted octanol–water partition coefficient (Wildman–Crippen LogP) is 3.14. The van der Waals surface area contributed by atoms with Crippen LogP contribution in [0.15, 0.2) is 18.2 Å². The van der Waals surface area contributed by atoms with Gasteiger partial charge in [-0.25, -0.2) is 0 Å². The second-order valence-corrected chi connectivity index (χ2v) is 4.73. The van der Waals surface area contributed by atoms with E-state index >= 15 is 0 Å². The lowest BCUT2D eigenvalue weighted by Crippen LogP contribution is -2.38. The number of benzene rings is 1. The number of hydrogen-bond donors (Lipinski definition) is 1. The lowest BCUT2D eigenvalue weighted by molar-refractivity contribution is 0.435. The molecule has 0 bridgehead atoms. The van der Waals surface area contributed by atoms with E-state index in [9.17, 15) is 0 Å². The zero-order chi connectivity index (χ0) is 9.47. The predicted molar refractivity (Wildman–Crippen MR) is 63.4 cm³/mol. The molecule has 0 unspecified atom stereocenters. The van der Waals surface area contributed by atoms with Gasteiger partial charge in [0.1, 0.15) is 0 Å². The molecule has 0 saturated heterocycles. The fraction of sp³-hybridized carbons (Fsp3) is 0.455. The minimum Gasteiger partial charge on any atom is -0.312 e. The Kier molecular flexibility index (Phi) is 3.46. The molecule has 0 spiro atoms. The van der Waals surface area contributed by atoms with Crippen molar-refractivity contribution in [2.75, 3.05) is 6.54 Å². The van der Waals surface area contributed by atoms with E-state index in [-0.39, 0.29) is 17.8 Å². The summed E-state index contributed by atoms with van der Waals surface area (Å²) in [4.78, 5) is 0. The Hall–Kier alpha value is -0.240. The summed E-state index contributed by atoms with van der Waals surface area (Å²) in [5, 5.41) is 4.23. The summed E-state index contributed by atoms with van der Waals surface area (Å²) in [6.07, 6.45) is 0. The maximum atomic E-state index is 5.94. The molecule has 1 aliphatic heterocycles. The summed E-state index contributed by atoms with van der Waals surface area (Å²) in [5.74, 6) is 0. The maximum Gasteiger partial charge on any atom is 0.0409 e. The molecule has 1 aliphatic rings. The highest BCUT2D eigenvalue weighted by Gasteiger charge is 2.26. The van der Waals surface area contributed by atoms with Gasteiger partial charge in [-0.15, -0.1) is 12.4 Å². The molecule has 2 rings (SSSR count). The molecule has 1 N–H and O–H groups in total. The highest BCUT2D eigenvalue weighted by atomic mass is 35.5. The lowest BCUT2D eigenvalue weighted by atomic mass is 9.79. The van der Waals surface area contributed by atoms with Crippen molar-refractivity contribution in [2.24, 2.45) is 0 Å². The van der Waals surface area contributed by atoms with E-state index in [0.717, 1.165) is 18.1 Å². The van der Waals surface area contributed by atoms with Crippen molar-refractivity contribution < 1.29 is 0 Å². The molecular formula is C11H15Cl2N. The molecule has 0 amide bonds. The number of halogens is 2. The van der Waals surface area contributed by atoms with Crippen LogP contribution < -0.4 is 5.32 Å². The van der Waals surface area contributed by atoms with Crippen LogP contribution in [0.25, 0.3) is 0 Å². The van der Waals surface area contributed by atoms with Gasteiger partial charge in [-0.05, 0) is 23.3 Å². The third-order valence-electron chi connectivity index (χ3n) is 2.68. The Labute approximate surface area is 96.3 Å². The van der Waals surface area contributed by atoms with Crippen molar-refractivity contribution in [2.45, 2.75) is 25.8 Å². The summed E-state index contributed by atoms with van der Waals surface area (Å²) in [6.45, 7) is 6.50. The first-order chi connectivity index (χ1) is 6.09. The topological polar surface area (TPSA) is 12.0 Å². The van der Waals surface area contributed by atoms with E-state index in [4.69, 9.17) is 11.6 Å². The largest absolute Gasteiger partial charge is 0.312 e. The summed E-state index contributed by atoms with van der Waals surface area (Å²) in [6, 6.07) is 6.19. The fourth-order valence-corrected chi connectivity index (χ4v) is 2.17. The van der Waals surface area contributed by atoms with Gasteiger partial charge in [0.25, 0.3) is 0 Å². The van der Waals surface area contributed by atoms with Crippen LogP contribution in [0, 0.1) is 0 Å². The molecule has 1 aromatic rings. The minimum atomic E-state index is 0. The van der Waals surface area contributed by atoms with Gasteiger partial charge in [0, 0.05) is 23.5 Å². The van der Waals surface area contributed by atoms with Crippen LogP contribution in [-0.4, -0.2) is 6.54 Å². The van der Waals surface area contributed by atoms with Gasteiger partial charge < -0.3 is 5.32 Å². The van der Waals surface area contributed by atoms with Gasteiger partial charge in [-0.3, -0.25) is 0 Å². The van der Waals surface area contributed by atoms with Crippen molar-refractivity contribution in [3.8, 4) is 0 Å². The van der Waals surface area contributed by atoms with E-state index in [1.54, 1.807) is 0 Å². The number of hydrogen-bond acceptors (Lipinski definition) is 1. The smallest absolute Gasteiger partial charge is 0.0409 e. The summed E-state index contributed by atoms with van der Waals surface area (Å²) in [5.41, 5.74) is 3.00. The number of rotatable bonds is 0. The second-order valence-electron chi connectivity index (χ2n) is 4.29. The van der Waals surface area contributed by atoms with Gasteiger partial charge in [-0.1, -0.05) is 31.5 Å². The Morgan fingerprint density at radius 1 is 1.36 bits per heavy atom. The van der Waals surface area contributed by atoms with Crippen molar-refractivity contribution in [1.29, 1.82) is 0 Å². The third kappa shape index (κ3) is 2.05. The quantitative estimate of drug-likeness (QED) is 0.724. The monoisotopic (exact) mass is 231 g/mol. The molecule has 14 heavy (non-hydrogen) atoms. The van der Waals surface area contributed by atoms with Gasteiger partial charge in [-0.2, -0.15) is 0 Å². The van der Waals surface area contributed by atoms with Crippen LogP contribution in [0.4, 0.5) is 0 Å². The molecule has 0 atom stereocenters. The molecular weight excluding hydrogens is 217 g/mol. The highest BCUT2D eigenvalue weighted by Crippen LogP contribution is 2.30. The normalized spacial score (nSPS) is 18.2. The fourth-order valence-electron chi connectivity index (χ4n) is 1.97. The number of nitrogens with one attached hydrogen (secondary N) is 1. The van der Waals surface area contributed by atoms with E-state index in [2.05, 4.69) is 31.3 Å². The zero-order valence-electron chi connectivity index (χ0n) is 8.43. The van der Waals surface area contributed by atoms with E-state index in [1.807, 2.05) is 6.07 Å². The third-order valence-corrected chi connectivity index (χ3v) is 2.91. The van der Waals surface area contributed by atoms with Crippen LogP contribution in [-0.2, 0) is 12.0 Å². The Bertz CT molecular complexity index is 334. The Morgan fingerprint density at radius 2 is 2.07 bits per heavy atom. The Balaban J connectivity index is 0.000000980. The summed E-state index contributed by atoms with van der Waals surface area (Å²) >= 11 is 5.94. The van der Waals surface area contributed by atoms with E-state index in [0.29, 0.717) is 0 Å². The van der Waals surface area contributed by atoms with Crippen molar-refractivity contribution >= 4 is 24.0 Å². The Morgan fingerprint density at radius 3 is 2.79 bits per heavy atom. The average Bonchev–Trinajstić information content (AvgIpc) is 2.02. The van der Waals surface area contributed by atoms with Crippen LogP contribution in [0.2, 0.25) is 5.02 Å². The first-order valence-corrected chi connectivity index (χ1v) is 4.97. The molecule has 0 fully saturated rings. The van der Waals surface area contributed by atoms with Crippen LogP contribution in [0.5, 0.6) is 0 Å². The molecule has 0 radical (unpaired) electrons. The molecule has 1 nitrogen and oxygen atoms in total. The first kappa shape index (κ1) is 11.8. The summed E-state index contributed by atoms with van der Waals surface area (Å²) < 4.78 is 0. The van der Waals surface area contributed by atoms with Gasteiger partial charge in [0.05, 0.1) is 0 Å². The lowest BCUT2D eigenvalue weighted by Gasteiger charge is -2.33. The molecule has 78 valence electrons. The van der Waals surface area contributed by atoms with Crippen molar-refractivity contribution in [3.05, 3.63) is 34.3 Å². The van der Waals surface area contributed by atoms with E-state index in [1.165, 1.54) is 11.1 Å². The molecule has 1 aromatic carbocycles. The molecule has 0 aromatic heterocycles. The average molecular weight is 232 g/mol. The number of fused-ring (bicyclic) bond motifs is 1. The molecule has 1 heterocycles. The molecule has 0 saturated carbocycles. The van der Waals surface area contributed by atoms with Gasteiger partial charge in [0.15, 0.2) is 0 Å². The summed E-state index contributed by atoms with van der Waals surface area (Å²) in [7, 11) is 0. The molecule has 0 aliphatic carbocycles. The van der Waals surface area contributed by atoms with Crippen LogP contribution in [0.1, 0.15) is 25.0 Å².